The van der Waals surface area contributed by atoms with E-state index >= 15 is 0 Å². The van der Waals surface area contributed by atoms with Gasteiger partial charge in [0.1, 0.15) is 5.82 Å². The van der Waals surface area contributed by atoms with Crippen LogP contribution in [0.15, 0.2) is 41.5 Å². The van der Waals surface area contributed by atoms with Crippen LogP contribution in [0, 0.1) is 0 Å². The number of H-pyrrole nitrogens is 1. The number of imidazole rings is 1. The molecule has 1 amide bonds. The summed E-state index contributed by atoms with van der Waals surface area (Å²) in [6.45, 7) is 6.59. The second-order valence-electron chi connectivity index (χ2n) is 6.30. The van der Waals surface area contributed by atoms with Crippen LogP contribution in [0.5, 0.6) is 0 Å². The van der Waals surface area contributed by atoms with E-state index in [1.165, 1.54) is 0 Å². The van der Waals surface area contributed by atoms with Gasteiger partial charge < -0.3 is 20.5 Å². The molecule has 0 unspecified atom stereocenters. The van der Waals surface area contributed by atoms with Crippen molar-refractivity contribution in [3.8, 4) is 11.3 Å². The molecular formula is C20H30N6O. The number of aromatic nitrogens is 2. The van der Waals surface area contributed by atoms with Crippen molar-refractivity contribution in [2.75, 3.05) is 26.7 Å². The molecule has 146 valence electrons. The molecule has 1 heterocycles. The van der Waals surface area contributed by atoms with E-state index in [2.05, 4.69) is 37.7 Å². The van der Waals surface area contributed by atoms with Gasteiger partial charge in [0, 0.05) is 26.6 Å². The molecule has 7 heteroatoms. The predicted molar refractivity (Wildman–Crippen MR) is 109 cm³/mol. The number of nitrogens with one attached hydrogen (secondary N) is 3. The molecule has 2 aromatic rings. The van der Waals surface area contributed by atoms with Crippen molar-refractivity contribution in [1.82, 2.24) is 25.5 Å². The van der Waals surface area contributed by atoms with Crippen molar-refractivity contribution in [3.05, 3.63) is 42.4 Å². The number of nitrogens with zero attached hydrogens (tertiary/aromatic N) is 3. The monoisotopic (exact) mass is 370 g/mol. The SMILES string of the molecule is CCCNC(=O)CCN=C(NCC)N(C)Cc1ncc(-c2ccccc2)[nH]1. The minimum Gasteiger partial charge on any atom is -0.357 e. The Morgan fingerprint density at radius 1 is 1.22 bits per heavy atom. The lowest BCUT2D eigenvalue weighted by atomic mass is 10.2. The zero-order valence-electron chi connectivity index (χ0n) is 16.5. The summed E-state index contributed by atoms with van der Waals surface area (Å²) in [4.78, 5) is 26.1. The van der Waals surface area contributed by atoms with Crippen molar-refractivity contribution < 1.29 is 4.79 Å². The third-order valence-corrected chi connectivity index (χ3v) is 3.97. The lowest BCUT2D eigenvalue weighted by molar-refractivity contribution is -0.120. The van der Waals surface area contributed by atoms with Gasteiger partial charge in [0.05, 0.1) is 25.0 Å². The Bertz CT molecular complexity index is 725. The average molecular weight is 371 g/mol. The minimum atomic E-state index is 0.0395. The first kappa shape index (κ1) is 20.5. The molecule has 7 nitrogen and oxygen atoms in total. The van der Waals surface area contributed by atoms with E-state index in [-0.39, 0.29) is 5.91 Å². The van der Waals surface area contributed by atoms with Gasteiger partial charge >= 0.3 is 0 Å². The number of aromatic amines is 1. The maximum Gasteiger partial charge on any atom is 0.221 e. The molecule has 0 fully saturated rings. The fraction of sp³-hybridized carbons (Fsp3) is 0.450. The molecule has 27 heavy (non-hydrogen) atoms. The van der Waals surface area contributed by atoms with Crippen LogP contribution in [0.4, 0.5) is 0 Å². The van der Waals surface area contributed by atoms with E-state index in [1.807, 2.05) is 50.2 Å². The number of carbonyl (C=O) groups is 1. The summed E-state index contributed by atoms with van der Waals surface area (Å²) in [5.41, 5.74) is 2.10. The molecule has 0 aliphatic heterocycles. The first-order valence-electron chi connectivity index (χ1n) is 9.49. The molecule has 0 spiro atoms. The number of guanidine groups is 1. The molecule has 0 saturated heterocycles. The highest BCUT2D eigenvalue weighted by Crippen LogP contribution is 2.16. The van der Waals surface area contributed by atoms with E-state index in [9.17, 15) is 4.79 Å². The Kier molecular flexibility index (Phi) is 8.35. The van der Waals surface area contributed by atoms with Gasteiger partial charge in [-0.1, -0.05) is 37.3 Å². The Labute approximate surface area is 161 Å². The molecule has 0 atom stereocenters. The first-order valence-corrected chi connectivity index (χ1v) is 9.49. The summed E-state index contributed by atoms with van der Waals surface area (Å²) in [5.74, 6) is 1.67. The Balaban J connectivity index is 1.94. The van der Waals surface area contributed by atoms with Gasteiger partial charge in [0.15, 0.2) is 5.96 Å². The third-order valence-electron chi connectivity index (χ3n) is 3.97. The summed E-state index contributed by atoms with van der Waals surface area (Å²) >= 11 is 0. The van der Waals surface area contributed by atoms with Crippen molar-refractivity contribution in [1.29, 1.82) is 0 Å². The first-order chi connectivity index (χ1) is 13.1. The van der Waals surface area contributed by atoms with Crippen LogP contribution < -0.4 is 10.6 Å². The van der Waals surface area contributed by atoms with Crippen molar-refractivity contribution >= 4 is 11.9 Å². The second-order valence-corrected chi connectivity index (χ2v) is 6.30. The van der Waals surface area contributed by atoms with Gasteiger partial charge in [-0.25, -0.2) is 4.98 Å². The highest BCUT2D eigenvalue weighted by Gasteiger charge is 2.10. The minimum absolute atomic E-state index is 0.0395. The number of rotatable bonds is 9. The number of aliphatic imine (C=N–C) groups is 1. The number of amides is 1. The van der Waals surface area contributed by atoms with Crippen molar-refractivity contribution in [2.24, 2.45) is 4.99 Å². The van der Waals surface area contributed by atoms with Gasteiger partial charge in [-0.05, 0) is 18.9 Å². The predicted octanol–water partition coefficient (Wildman–Crippen LogP) is 2.39. The molecule has 0 bridgehead atoms. The van der Waals surface area contributed by atoms with Crippen molar-refractivity contribution in [3.63, 3.8) is 0 Å². The lowest BCUT2D eigenvalue weighted by Crippen LogP contribution is -2.39. The molecule has 1 aromatic carbocycles. The maximum absolute atomic E-state index is 11.7. The molecule has 3 N–H and O–H groups in total. The third kappa shape index (κ3) is 6.77. The number of carbonyl (C=O) groups excluding carboxylic acids is 1. The largest absolute Gasteiger partial charge is 0.357 e. The number of hydrogen-bond donors (Lipinski definition) is 3. The fourth-order valence-electron chi connectivity index (χ4n) is 2.59. The smallest absolute Gasteiger partial charge is 0.221 e. The van der Waals surface area contributed by atoms with Crippen LogP contribution in [0.25, 0.3) is 11.3 Å². The molecule has 2 rings (SSSR count). The normalized spacial score (nSPS) is 11.3. The van der Waals surface area contributed by atoms with Crippen LogP contribution in [-0.2, 0) is 11.3 Å². The van der Waals surface area contributed by atoms with Crippen LogP contribution >= 0.6 is 0 Å². The summed E-state index contributed by atoms with van der Waals surface area (Å²) in [6, 6.07) is 10.1. The van der Waals surface area contributed by atoms with Crippen LogP contribution in [0.3, 0.4) is 0 Å². The lowest BCUT2D eigenvalue weighted by Gasteiger charge is -2.21. The Hall–Kier alpha value is -2.83. The zero-order chi connectivity index (χ0) is 19.5. The summed E-state index contributed by atoms with van der Waals surface area (Å²) in [7, 11) is 1.96. The van der Waals surface area contributed by atoms with Crippen LogP contribution in [0.1, 0.15) is 32.5 Å². The van der Waals surface area contributed by atoms with Crippen molar-refractivity contribution in [2.45, 2.75) is 33.2 Å². The molecule has 1 aromatic heterocycles. The topological polar surface area (TPSA) is 85.4 Å². The molecule has 0 aliphatic carbocycles. The number of benzene rings is 1. The van der Waals surface area contributed by atoms with E-state index < -0.39 is 0 Å². The Morgan fingerprint density at radius 2 is 2.00 bits per heavy atom. The quantitative estimate of drug-likeness (QED) is 0.467. The van der Waals surface area contributed by atoms with Gasteiger partial charge in [0.25, 0.3) is 0 Å². The highest BCUT2D eigenvalue weighted by atomic mass is 16.1. The second kappa shape index (κ2) is 11.0. The molecule has 0 aliphatic rings. The van der Waals surface area contributed by atoms with Crippen LogP contribution in [-0.4, -0.2) is 53.4 Å². The fourth-order valence-corrected chi connectivity index (χ4v) is 2.59. The number of hydrogen-bond acceptors (Lipinski definition) is 3. The maximum atomic E-state index is 11.7. The standard InChI is InChI=1S/C20H30N6O/c1-4-12-22-19(27)11-13-23-20(21-5-2)26(3)15-18-24-14-17(25-18)16-9-7-6-8-10-16/h6-10,14H,4-5,11-13,15H2,1-3H3,(H,21,23)(H,22,27)(H,24,25). The summed E-state index contributed by atoms with van der Waals surface area (Å²) in [6.07, 6.45) is 3.18. The van der Waals surface area contributed by atoms with Gasteiger partial charge in [0.2, 0.25) is 5.91 Å². The Morgan fingerprint density at radius 3 is 2.70 bits per heavy atom. The van der Waals surface area contributed by atoms with Gasteiger partial charge in [-0.2, -0.15) is 0 Å². The molecule has 0 radical (unpaired) electrons. The molecular weight excluding hydrogens is 340 g/mol. The van der Waals surface area contributed by atoms with Gasteiger partial charge in [-0.15, -0.1) is 0 Å². The zero-order valence-corrected chi connectivity index (χ0v) is 16.5. The molecule has 0 saturated carbocycles. The van der Waals surface area contributed by atoms with Gasteiger partial charge in [-0.3, -0.25) is 9.79 Å². The average Bonchev–Trinajstić information content (AvgIpc) is 3.14. The van der Waals surface area contributed by atoms with E-state index in [0.29, 0.717) is 26.1 Å². The van der Waals surface area contributed by atoms with E-state index in [0.717, 1.165) is 36.0 Å². The summed E-state index contributed by atoms with van der Waals surface area (Å²) in [5, 5.41) is 6.13. The van der Waals surface area contributed by atoms with E-state index in [4.69, 9.17) is 0 Å². The summed E-state index contributed by atoms with van der Waals surface area (Å²) < 4.78 is 0. The highest BCUT2D eigenvalue weighted by molar-refractivity contribution is 5.80. The van der Waals surface area contributed by atoms with Crippen LogP contribution in [0.2, 0.25) is 0 Å². The van der Waals surface area contributed by atoms with E-state index in [1.54, 1.807) is 0 Å².